The molecule has 0 unspecified atom stereocenters. The molecule has 0 radical (unpaired) electrons. The Bertz CT molecular complexity index is 6230. The Morgan fingerprint density at radius 3 is 1.20 bits per heavy atom. The Morgan fingerprint density at radius 1 is 0.397 bits per heavy atom. The third-order valence-electron chi connectivity index (χ3n) is 19.4. The lowest BCUT2D eigenvalue weighted by Crippen LogP contribution is -2.32. The highest BCUT2D eigenvalue weighted by Crippen LogP contribution is 2.34. The number of unbranched alkanes of at least 4 members (excludes halogenated alkanes) is 2. The molecule has 121 heavy (non-hydrogen) atoms. The van der Waals surface area contributed by atoms with Crippen molar-refractivity contribution in [3.05, 3.63) is 348 Å². The third kappa shape index (κ3) is 26.0. The van der Waals surface area contributed by atoms with Crippen LogP contribution >= 0.6 is 116 Å². The number of aliphatic hydroxyl groups excluding tert-OH is 1. The summed E-state index contributed by atoms with van der Waals surface area (Å²) in [6.07, 6.45) is 12.7. The van der Waals surface area contributed by atoms with Gasteiger partial charge in [-0.1, -0.05) is 197 Å². The van der Waals surface area contributed by atoms with Crippen LogP contribution in [0.1, 0.15) is 128 Å². The lowest BCUT2D eigenvalue weighted by molar-refractivity contribution is -0.282. The van der Waals surface area contributed by atoms with Gasteiger partial charge >= 0.3 is 0 Å². The van der Waals surface area contributed by atoms with E-state index in [2.05, 4.69) is 69.2 Å². The van der Waals surface area contributed by atoms with Gasteiger partial charge in [0.25, 0.3) is 11.8 Å². The minimum atomic E-state index is -3.64. The summed E-state index contributed by atoms with van der Waals surface area (Å²) in [6, 6.07) is 59.0. The Labute approximate surface area is 750 Å². The predicted molar refractivity (Wildman–Crippen MR) is 491 cm³/mol. The molecule has 2 amide bonds. The Balaban J connectivity index is 0.000000148. The van der Waals surface area contributed by atoms with Crippen LogP contribution in [0.25, 0.3) is 54.5 Å². The third-order valence-corrected chi connectivity index (χ3v) is 25.0. The van der Waals surface area contributed by atoms with Gasteiger partial charge in [0.05, 0.1) is 25.7 Å². The van der Waals surface area contributed by atoms with Crippen LogP contribution in [-0.4, -0.2) is 88.7 Å². The summed E-state index contributed by atoms with van der Waals surface area (Å²) in [5.41, 5.74) is 16.0. The van der Waals surface area contributed by atoms with E-state index in [4.69, 9.17) is 126 Å². The molecule has 0 aliphatic heterocycles. The van der Waals surface area contributed by atoms with Crippen LogP contribution in [-0.2, 0) is 85.2 Å². The SMILES string of the molecule is CCCCS(=O)(=O)NC(=O)c1ccc2[nH]cc(Cc3ccc(Cl)cc3Cl)c2c1.CCCCS(=O)(=O)NC(=O)c1ccc2ccn(Cc3ccc(Cl)cc3Cl)c2c1.COOCc1ccc2[nH]cc(Cc3ccc(Cl)cc3Cl)c2c1.COOCc1ccc2c(ccn2Cc2ccc(Cl)cc2Cl)c1.OC(O)c1ccc2[nH]cc(Cc3ccc(Cl)cc3Cl)c2c1. The number of H-pyrrole nitrogens is 3. The predicted octanol–water partition coefficient (Wildman–Crippen LogP) is 24.0. The van der Waals surface area contributed by atoms with Crippen LogP contribution < -0.4 is 9.44 Å². The molecular formula is C90H83Cl10N7O12S2. The molecule has 7 N–H and O–H groups in total. The van der Waals surface area contributed by atoms with Crippen molar-refractivity contribution in [1.82, 2.24) is 33.5 Å². The fourth-order valence-corrected chi connectivity index (χ4v) is 17.8. The number of fused-ring (bicyclic) bond motifs is 5. The first kappa shape index (κ1) is 93.1. The standard InChI is InChI=1S/2C20H20Cl2N2O3S.2C17H15Cl2NO2.C16H13Cl2NO2/c1-2-3-8-28(26,27)24-20(25)14-5-7-19-17(10-14)15(12-23-19)9-13-4-6-16(21)11-18(13)22;1-2-3-10-28(26,27)23-20(25)15-5-4-14-8-9-24(19(14)11-15)13-16-6-7-17(21)12-18(16)22;1-21-22-10-11-2-5-17-15(6-11)13(9-20-17)7-12-3-4-14(18)8-16(12)19;1-21-22-11-12-2-5-17-13(8-12)6-7-20(17)10-14-3-4-15(18)9-16(14)19;17-12-3-1-9(14(18)7-12)5-11-8-19-15-4-2-10(16(20)21)6-13(11)15/h4-7,10-12,23H,2-3,8-9H2,1H3,(H,24,25);4-9,11-12H,2-3,10,13H2,1H3,(H,23,25);2-6,8-9,20H,7,10H2,1H3;2-9H,10-11H2,1H3;1-4,6-8,16,19-21H,5H2. The number of nitrogens with zero attached hydrogens (tertiary/aromatic N) is 2. The number of aliphatic hydroxyl groups is 2. The van der Waals surface area contributed by atoms with E-state index in [1.54, 1.807) is 97.1 Å². The number of carbonyl (C=O) groups is 2. The minimum Gasteiger partial charge on any atom is -0.364 e. The number of hydrogen-bond donors (Lipinski definition) is 7. The van der Waals surface area contributed by atoms with Gasteiger partial charge in [0.2, 0.25) is 20.0 Å². The van der Waals surface area contributed by atoms with Gasteiger partial charge in [0.1, 0.15) is 13.2 Å². The smallest absolute Gasteiger partial charge is 0.264 e. The zero-order valence-corrected chi connectivity index (χ0v) is 74.8. The first-order valence-electron chi connectivity index (χ1n) is 37.9. The maximum atomic E-state index is 12.4. The van der Waals surface area contributed by atoms with Crippen molar-refractivity contribution in [2.45, 2.75) is 91.4 Å². The molecule has 5 aromatic heterocycles. The van der Waals surface area contributed by atoms with Crippen LogP contribution in [0.5, 0.6) is 0 Å². The zero-order chi connectivity index (χ0) is 86.7. The first-order valence-corrected chi connectivity index (χ1v) is 45.0. The fraction of sp³-hybridized carbons (Fsp3) is 0.200. The number of aromatic amines is 3. The van der Waals surface area contributed by atoms with E-state index < -0.39 is 38.2 Å². The molecule has 19 nitrogen and oxygen atoms in total. The molecule has 0 saturated carbocycles. The molecule has 5 heterocycles. The second kappa shape index (κ2) is 43.6. The number of sulfonamides is 2. The second-order valence-electron chi connectivity index (χ2n) is 28.1. The van der Waals surface area contributed by atoms with Gasteiger partial charge in [0.15, 0.2) is 6.29 Å². The molecule has 0 aliphatic carbocycles. The lowest BCUT2D eigenvalue weighted by Gasteiger charge is -2.10. The molecule has 0 saturated heterocycles. The van der Waals surface area contributed by atoms with Crippen molar-refractivity contribution >= 4 is 202 Å². The summed E-state index contributed by atoms with van der Waals surface area (Å²) in [4.78, 5) is 53.7. The van der Waals surface area contributed by atoms with Crippen molar-refractivity contribution in [3.8, 4) is 0 Å². The van der Waals surface area contributed by atoms with E-state index >= 15 is 0 Å². The average molecular weight is 1870 g/mol. The zero-order valence-electron chi connectivity index (χ0n) is 65.6. The Kier molecular flexibility index (Phi) is 33.6. The number of halogens is 10. The maximum absolute atomic E-state index is 12.4. The number of hydrogen-bond acceptors (Lipinski definition) is 12. The Hall–Kier alpha value is -8.60. The van der Waals surface area contributed by atoms with E-state index in [1.807, 2.05) is 116 Å². The van der Waals surface area contributed by atoms with E-state index in [1.165, 1.54) is 19.8 Å². The van der Waals surface area contributed by atoms with Gasteiger partial charge < -0.3 is 34.3 Å². The van der Waals surface area contributed by atoms with Crippen molar-refractivity contribution in [2.24, 2.45) is 0 Å². The van der Waals surface area contributed by atoms with Crippen molar-refractivity contribution in [3.63, 3.8) is 0 Å². The second-order valence-corrected chi connectivity index (χ2v) is 36.0. The molecule has 10 aromatic carbocycles. The van der Waals surface area contributed by atoms with Gasteiger partial charge in [-0.15, -0.1) is 0 Å². The number of nitrogens with one attached hydrogen (secondary N) is 5. The molecule has 0 fully saturated rings. The highest BCUT2D eigenvalue weighted by molar-refractivity contribution is 7.90. The lowest BCUT2D eigenvalue weighted by atomic mass is 10.0. The number of rotatable bonds is 27. The van der Waals surface area contributed by atoms with Gasteiger partial charge in [-0.2, -0.15) is 0 Å². The molecule has 15 rings (SSSR count). The monoisotopic (exact) mass is 1870 g/mol. The number of amides is 2. The number of carbonyl (C=O) groups excluding carboxylic acids is 2. The van der Waals surface area contributed by atoms with Crippen LogP contribution in [0, 0.1) is 0 Å². The highest BCUT2D eigenvalue weighted by Gasteiger charge is 2.21. The molecule has 0 aliphatic rings. The van der Waals surface area contributed by atoms with Crippen molar-refractivity contribution < 1.29 is 56.2 Å². The van der Waals surface area contributed by atoms with Gasteiger partial charge in [-0.25, -0.2) is 45.8 Å². The molecular weight excluding hydrogens is 1790 g/mol. The van der Waals surface area contributed by atoms with E-state index in [-0.39, 0.29) is 22.6 Å². The van der Waals surface area contributed by atoms with Crippen molar-refractivity contribution in [1.29, 1.82) is 0 Å². The van der Waals surface area contributed by atoms with E-state index in [9.17, 15) is 36.6 Å². The largest absolute Gasteiger partial charge is 0.364 e. The molecule has 31 heteroatoms. The Morgan fingerprint density at radius 2 is 0.769 bits per heavy atom. The van der Waals surface area contributed by atoms with Gasteiger partial charge in [-0.3, -0.25) is 9.59 Å². The minimum absolute atomic E-state index is 0.0665. The maximum Gasteiger partial charge on any atom is 0.264 e. The number of benzene rings is 10. The van der Waals surface area contributed by atoms with E-state index in [0.717, 1.165) is 124 Å². The highest BCUT2D eigenvalue weighted by atomic mass is 35.5. The van der Waals surface area contributed by atoms with Crippen LogP contribution in [0.4, 0.5) is 0 Å². The van der Waals surface area contributed by atoms with E-state index in [0.29, 0.717) is 108 Å². The molecule has 0 bridgehead atoms. The molecule has 0 spiro atoms. The van der Waals surface area contributed by atoms with Gasteiger partial charge in [0, 0.05) is 174 Å². The summed E-state index contributed by atoms with van der Waals surface area (Å²) in [6.45, 7) is 5.84. The summed E-state index contributed by atoms with van der Waals surface area (Å²) >= 11 is 60.9. The van der Waals surface area contributed by atoms with Crippen LogP contribution in [0.15, 0.2) is 225 Å². The van der Waals surface area contributed by atoms with Crippen LogP contribution in [0.3, 0.4) is 0 Å². The normalized spacial score (nSPS) is 11.5. The van der Waals surface area contributed by atoms with Gasteiger partial charge in [-0.05, 0) is 219 Å². The molecule has 0 atom stereocenters. The summed E-state index contributed by atoms with van der Waals surface area (Å²) in [5, 5.41) is 29.7. The summed E-state index contributed by atoms with van der Waals surface area (Å²) < 4.78 is 56.4. The summed E-state index contributed by atoms with van der Waals surface area (Å²) in [7, 11) is -4.26. The molecule has 632 valence electrons. The number of aromatic nitrogens is 5. The fourth-order valence-electron chi connectivity index (χ4n) is 13.1. The quantitative estimate of drug-likeness (QED) is 0.0144. The first-order chi connectivity index (χ1) is 58.0. The van der Waals surface area contributed by atoms with Crippen molar-refractivity contribution in [2.75, 3.05) is 25.7 Å². The van der Waals surface area contributed by atoms with Crippen LogP contribution in [0.2, 0.25) is 50.2 Å². The molecule has 15 aromatic rings. The average Bonchev–Trinajstić information content (AvgIpc) is 1.69. The topological polar surface area (TPSA) is 261 Å². The summed E-state index contributed by atoms with van der Waals surface area (Å²) in [5.74, 6) is -1.39.